The molecule has 3 heteroatoms. The molecule has 0 fully saturated rings. The van der Waals surface area contributed by atoms with Gasteiger partial charge in [-0.25, -0.2) is 0 Å². The minimum Gasteiger partial charge on any atom is -0.348 e. The number of nitrogens with one attached hydrogen (secondary N) is 1. The van der Waals surface area contributed by atoms with Crippen molar-refractivity contribution < 1.29 is 4.79 Å². The smallest absolute Gasteiger partial charge is 0.237 e. The number of amides is 1. The number of nitrogens with two attached hydrogens (primary N) is 1. The van der Waals surface area contributed by atoms with E-state index >= 15 is 0 Å². The van der Waals surface area contributed by atoms with E-state index in [4.69, 9.17) is 5.73 Å². The number of carbonyl (C=O) groups excluding carboxylic acids is 1. The van der Waals surface area contributed by atoms with Crippen molar-refractivity contribution in [2.24, 2.45) is 11.7 Å². The molecule has 0 aliphatic heterocycles. The molecule has 3 nitrogen and oxygen atoms in total. The summed E-state index contributed by atoms with van der Waals surface area (Å²) in [7, 11) is 0. The number of hydrogen-bond acceptors (Lipinski definition) is 2. The van der Waals surface area contributed by atoms with Crippen LogP contribution in [0.15, 0.2) is 24.3 Å². The molecule has 2 atom stereocenters. The van der Waals surface area contributed by atoms with Gasteiger partial charge < -0.3 is 11.1 Å². The van der Waals surface area contributed by atoms with Crippen LogP contribution in [0.3, 0.4) is 0 Å². The molecule has 3 N–H and O–H groups in total. The molecule has 2 rings (SSSR count). The monoisotopic (exact) mass is 246 g/mol. The Bertz CT molecular complexity index is 428. The minimum atomic E-state index is -0.418. The molecule has 1 aliphatic rings. The third-order valence-electron chi connectivity index (χ3n) is 3.71. The number of hydrogen-bond donors (Lipinski definition) is 2. The summed E-state index contributed by atoms with van der Waals surface area (Å²) < 4.78 is 0. The second-order valence-corrected chi connectivity index (χ2v) is 5.42. The molecule has 0 saturated carbocycles. The molecule has 18 heavy (non-hydrogen) atoms. The topological polar surface area (TPSA) is 55.1 Å². The van der Waals surface area contributed by atoms with Crippen molar-refractivity contribution in [3.63, 3.8) is 0 Å². The standard InChI is InChI=1S/C15H22N2O/c1-10(2)14(16)15(18)17-13-9-5-7-11-6-3-4-8-12(11)13/h3-4,6,8,10,13-14H,5,7,9,16H2,1-2H3,(H,17,18)/t13?,14-/m0/s1. The van der Waals surface area contributed by atoms with Gasteiger partial charge in [-0.15, -0.1) is 0 Å². The van der Waals surface area contributed by atoms with E-state index in [2.05, 4.69) is 23.5 Å². The average molecular weight is 246 g/mol. The number of rotatable bonds is 3. The lowest BCUT2D eigenvalue weighted by molar-refractivity contribution is -0.124. The second kappa shape index (κ2) is 5.53. The predicted octanol–water partition coefficient (Wildman–Crippen LogP) is 2.16. The largest absolute Gasteiger partial charge is 0.348 e. The molecular weight excluding hydrogens is 224 g/mol. The molecule has 0 aromatic heterocycles. The van der Waals surface area contributed by atoms with Crippen LogP contribution < -0.4 is 11.1 Å². The molecule has 1 aliphatic carbocycles. The first-order valence-electron chi connectivity index (χ1n) is 6.73. The van der Waals surface area contributed by atoms with Gasteiger partial charge in [-0.05, 0) is 36.3 Å². The Morgan fingerprint density at radius 2 is 2.11 bits per heavy atom. The fourth-order valence-corrected chi connectivity index (χ4v) is 2.47. The van der Waals surface area contributed by atoms with Gasteiger partial charge in [0.2, 0.25) is 5.91 Å². The van der Waals surface area contributed by atoms with E-state index in [-0.39, 0.29) is 17.9 Å². The molecule has 0 heterocycles. The Balaban J connectivity index is 2.10. The number of aryl methyl sites for hydroxylation is 1. The highest BCUT2D eigenvalue weighted by Crippen LogP contribution is 2.29. The SMILES string of the molecule is CC(C)[C@H](N)C(=O)NC1CCCc2ccccc21. The maximum atomic E-state index is 12.0. The van der Waals surface area contributed by atoms with Crippen LogP contribution in [0.1, 0.15) is 43.9 Å². The van der Waals surface area contributed by atoms with E-state index in [0.29, 0.717) is 0 Å². The Hall–Kier alpha value is -1.35. The van der Waals surface area contributed by atoms with Crippen LogP contribution in [0.4, 0.5) is 0 Å². The molecule has 98 valence electrons. The van der Waals surface area contributed by atoms with Crippen molar-refractivity contribution in [2.45, 2.75) is 45.2 Å². The molecule has 0 radical (unpaired) electrons. The summed E-state index contributed by atoms with van der Waals surface area (Å²) in [5, 5.41) is 3.09. The zero-order chi connectivity index (χ0) is 13.1. The Morgan fingerprint density at radius 3 is 2.83 bits per heavy atom. The van der Waals surface area contributed by atoms with Crippen LogP contribution in [0.5, 0.6) is 0 Å². The van der Waals surface area contributed by atoms with Gasteiger partial charge in [0.1, 0.15) is 0 Å². The molecule has 0 saturated heterocycles. The van der Waals surface area contributed by atoms with E-state index in [1.165, 1.54) is 11.1 Å². The fraction of sp³-hybridized carbons (Fsp3) is 0.533. The van der Waals surface area contributed by atoms with Gasteiger partial charge in [0, 0.05) is 0 Å². The van der Waals surface area contributed by atoms with Crippen LogP contribution in [0.2, 0.25) is 0 Å². The van der Waals surface area contributed by atoms with Gasteiger partial charge in [0.05, 0.1) is 12.1 Å². The summed E-state index contributed by atoms with van der Waals surface area (Å²) in [4.78, 5) is 12.0. The van der Waals surface area contributed by atoms with Gasteiger partial charge in [-0.3, -0.25) is 4.79 Å². The van der Waals surface area contributed by atoms with E-state index in [1.54, 1.807) is 0 Å². The van der Waals surface area contributed by atoms with E-state index in [9.17, 15) is 4.79 Å². The average Bonchev–Trinajstić information content (AvgIpc) is 2.38. The van der Waals surface area contributed by atoms with E-state index in [0.717, 1.165) is 19.3 Å². The Morgan fingerprint density at radius 1 is 1.39 bits per heavy atom. The lowest BCUT2D eigenvalue weighted by Crippen LogP contribution is -2.45. The Kier molecular flexibility index (Phi) is 4.02. The maximum Gasteiger partial charge on any atom is 0.237 e. The van der Waals surface area contributed by atoms with Gasteiger partial charge in [0.25, 0.3) is 0 Å². The zero-order valence-corrected chi connectivity index (χ0v) is 11.1. The summed E-state index contributed by atoms with van der Waals surface area (Å²) in [6.07, 6.45) is 3.24. The van der Waals surface area contributed by atoms with Crippen molar-refractivity contribution in [2.75, 3.05) is 0 Å². The van der Waals surface area contributed by atoms with E-state index in [1.807, 2.05) is 19.9 Å². The van der Waals surface area contributed by atoms with E-state index < -0.39 is 6.04 Å². The second-order valence-electron chi connectivity index (χ2n) is 5.42. The third-order valence-corrected chi connectivity index (χ3v) is 3.71. The molecule has 1 amide bonds. The normalized spacial score (nSPS) is 20.3. The van der Waals surface area contributed by atoms with Crippen LogP contribution in [0.25, 0.3) is 0 Å². The van der Waals surface area contributed by atoms with Gasteiger partial charge in [0.15, 0.2) is 0 Å². The van der Waals surface area contributed by atoms with Crippen molar-refractivity contribution in [3.05, 3.63) is 35.4 Å². The highest BCUT2D eigenvalue weighted by molar-refractivity contribution is 5.82. The summed E-state index contributed by atoms with van der Waals surface area (Å²) in [6, 6.07) is 8.07. The number of benzene rings is 1. The third kappa shape index (κ3) is 2.72. The van der Waals surface area contributed by atoms with Gasteiger partial charge in [-0.1, -0.05) is 38.1 Å². The summed E-state index contributed by atoms with van der Waals surface area (Å²) >= 11 is 0. The quantitative estimate of drug-likeness (QED) is 0.858. The van der Waals surface area contributed by atoms with Crippen molar-refractivity contribution in [1.82, 2.24) is 5.32 Å². The molecule has 0 bridgehead atoms. The first kappa shape index (κ1) is 13.1. The molecule has 1 aromatic rings. The van der Waals surface area contributed by atoms with Gasteiger partial charge >= 0.3 is 0 Å². The zero-order valence-electron chi connectivity index (χ0n) is 11.1. The lowest BCUT2D eigenvalue weighted by Gasteiger charge is -2.28. The molecule has 1 aromatic carbocycles. The first-order chi connectivity index (χ1) is 8.59. The molecular formula is C15H22N2O. The summed E-state index contributed by atoms with van der Waals surface area (Å²) in [5.41, 5.74) is 8.50. The van der Waals surface area contributed by atoms with Crippen LogP contribution in [0, 0.1) is 5.92 Å². The minimum absolute atomic E-state index is 0.0355. The first-order valence-corrected chi connectivity index (χ1v) is 6.73. The summed E-state index contributed by atoms with van der Waals surface area (Å²) in [5.74, 6) is 0.135. The fourth-order valence-electron chi connectivity index (χ4n) is 2.47. The van der Waals surface area contributed by atoms with Crippen LogP contribution in [-0.4, -0.2) is 11.9 Å². The molecule has 0 spiro atoms. The number of fused-ring (bicyclic) bond motifs is 1. The highest BCUT2D eigenvalue weighted by Gasteiger charge is 2.24. The number of carbonyl (C=O) groups is 1. The molecule has 1 unspecified atom stereocenters. The van der Waals surface area contributed by atoms with Gasteiger partial charge in [-0.2, -0.15) is 0 Å². The Labute approximate surface area is 109 Å². The maximum absolute atomic E-state index is 12.0. The van der Waals surface area contributed by atoms with Crippen molar-refractivity contribution in [3.8, 4) is 0 Å². The predicted molar refractivity (Wildman–Crippen MR) is 73.1 cm³/mol. The highest BCUT2D eigenvalue weighted by atomic mass is 16.2. The van der Waals surface area contributed by atoms with Crippen molar-refractivity contribution >= 4 is 5.91 Å². The van der Waals surface area contributed by atoms with Crippen molar-refractivity contribution in [1.29, 1.82) is 0 Å². The van der Waals surface area contributed by atoms with Crippen LogP contribution in [-0.2, 0) is 11.2 Å². The van der Waals surface area contributed by atoms with Crippen LogP contribution >= 0.6 is 0 Å². The summed E-state index contributed by atoms with van der Waals surface area (Å²) in [6.45, 7) is 3.94. The lowest BCUT2D eigenvalue weighted by atomic mass is 9.87.